The van der Waals surface area contributed by atoms with E-state index in [2.05, 4.69) is 14.9 Å². The van der Waals surface area contributed by atoms with Crippen LogP contribution in [0.5, 0.6) is 0 Å². The summed E-state index contributed by atoms with van der Waals surface area (Å²) < 4.78 is 2.38. The number of fused-ring (bicyclic) bond motifs is 1. The third kappa shape index (κ3) is 1.27. The standard InChI is InChI=1S/C11H17N3/c1-12-5-11-6-13-7-14(11)10-3-8-2-9(8)4-10/h6-10,12H,2-5H2,1H3. The maximum absolute atomic E-state index is 4.25. The predicted octanol–water partition coefficient (Wildman–Crippen LogP) is 1.57. The lowest BCUT2D eigenvalue weighted by Gasteiger charge is -2.16. The van der Waals surface area contributed by atoms with Gasteiger partial charge in [0.1, 0.15) is 0 Å². The zero-order valence-electron chi connectivity index (χ0n) is 8.61. The fourth-order valence-corrected chi connectivity index (χ4v) is 2.89. The van der Waals surface area contributed by atoms with Crippen molar-refractivity contribution < 1.29 is 0 Å². The van der Waals surface area contributed by atoms with Crippen molar-refractivity contribution in [2.24, 2.45) is 11.8 Å². The second-order valence-electron chi connectivity index (χ2n) is 4.70. The van der Waals surface area contributed by atoms with Crippen molar-refractivity contribution in [1.29, 1.82) is 0 Å². The molecular weight excluding hydrogens is 174 g/mol. The molecule has 0 aliphatic heterocycles. The molecule has 0 aromatic carbocycles. The Morgan fingerprint density at radius 1 is 1.43 bits per heavy atom. The van der Waals surface area contributed by atoms with Crippen LogP contribution in [-0.2, 0) is 6.54 Å². The molecule has 1 aromatic rings. The Morgan fingerprint density at radius 2 is 2.21 bits per heavy atom. The molecule has 3 rings (SSSR count). The maximum Gasteiger partial charge on any atom is 0.0951 e. The molecule has 3 heteroatoms. The van der Waals surface area contributed by atoms with Gasteiger partial charge in [-0.25, -0.2) is 4.98 Å². The number of nitrogens with one attached hydrogen (secondary N) is 1. The van der Waals surface area contributed by atoms with Gasteiger partial charge in [0.05, 0.1) is 12.0 Å². The molecular formula is C11H17N3. The molecule has 1 heterocycles. The summed E-state index contributed by atoms with van der Waals surface area (Å²) in [5, 5.41) is 3.20. The van der Waals surface area contributed by atoms with Gasteiger partial charge in [0.15, 0.2) is 0 Å². The van der Waals surface area contributed by atoms with Crippen molar-refractivity contribution in [3.63, 3.8) is 0 Å². The molecule has 2 atom stereocenters. The van der Waals surface area contributed by atoms with E-state index >= 15 is 0 Å². The molecule has 2 saturated carbocycles. The van der Waals surface area contributed by atoms with Crippen molar-refractivity contribution in [3.05, 3.63) is 18.2 Å². The molecule has 14 heavy (non-hydrogen) atoms. The molecule has 1 aromatic heterocycles. The smallest absolute Gasteiger partial charge is 0.0951 e. The Kier molecular flexibility index (Phi) is 1.87. The number of rotatable bonds is 3. The second-order valence-corrected chi connectivity index (χ2v) is 4.70. The van der Waals surface area contributed by atoms with Crippen LogP contribution in [0.3, 0.4) is 0 Å². The first-order valence-corrected chi connectivity index (χ1v) is 5.54. The Labute approximate surface area is 84.5 Å². The van der Waals surface area contributed by atoms with Crippen molar-refractivity contribution in [2.75, 3.05) is 7.05 Å². The van der Waals surface area contributed by atoms with E-state index in [0.29, 0.717) is 0 Å². The summed E-state index contributed by atoms with van der Waals surface area (Å²) in [6.45, 7) is 0.936. The van der Waals surface area contributed by atoms with Crippen LogP contribution in [0.1, 0.15) is 31.0 Å². The lowest BCUT2D eigenvalue weighted by molar-refractivity contribution is 0.451. The molecule has 1 N–H and O–H groups in total. The van der Waals surface area contributed by atoms with Crippen molar-refractivity contribution in [1.82, 2.24) is 14.9 Å². The van der Waals surface area contributed by atoms with Crippen LogP contribution in [0.4, 0.5) is 0 Å². The van der Waals surface area contributed by atoms with Gasteiger partial charge in [-0.1, -0.05) is 0 Å². The first-order chi connectivity index (χ1) is 6.88. The Morgan fingerprint density at radius 3 is 2.93 bits per heavy atom. The largest absolute Gasteiger partial charge is 0.330 e. The molecule has 76 valence electrons. The van der Waals surface area contributed by atoms with E-state index in [-0.39, 0.29) is 0 Å². The summed E-state index contributed by atoms with van der Waals surface area (Å²) in [4.78, 5) is 4.25. The summed E-state index contributed by atoms with van der Waals surface area (Å²) in [5.41, 5.74) is 1.33. The summed E-state index contributed by atoms with van der Waals surface area (Å²) in [5.74, 6) is 2.09. The first-order valence-electron chi connectivity index (χ1n) is 5.54. The van der Waals surface area contributed by atoms with Gasteiger partial charge in [-0.05, 0) is 38.1 Å². The highest BCUT2D eigenvalue weighted by molar-refractivity contribution is 5.05. The fraction of sp³-hybridized carbons (Fsp3) is 0.727. The van der Waals surface area contributed by atoms with Crippen LogP contribution in [0.2, 0.25) is 0 Å². The number of imidazole rings is 1. The van der Waals surface area contributed by atoms with E-state index in [9.17, 15) is 0 Å². The third-order valence-corrected chi connectivity index (χ3v) is 3.72. The summed E-state index contributed by atoms with van der Waals surface area (Å²) >= 11 is 0. The number of hydrogen-bond acceptors (Lipinski definition) is 2. The van der Waals surface area contributed by atoms with Gasteiger partial charge in [0, 0.05) is 18.8 Å². The van der Waals surface area contributed by atoms with Gasteiger partial charge < -0.3 is 9.88 Å². The number of hydrogen-bond donors (Lipinski definition) is 1. The maximum atomic E-state index is 4.25. The van der Waals surface area contributed by atoms with Crippen LogP contribution in [0.15, 0.2) is 12.5 Å². The Balaban J connectivity index is 1.78. The van der Waals surface area contributed by atoms with Crippen LogP contribution in [0.25, 0.3) is 0 Å². The fourth-order valence-electron chi connectivity index (χ4n) is 2.89. The summed E-state index contributed by atoms with van der Waals surface area (Å²) in [6.07, 6.45) is 8.25. The molecule has 0 bridgehead atoms. The Bertz CT molecular complexity index is 321. The first kappa shape index (κ1) is 8.48. The van der Waals surface area contributed by atoms with Crippen molar-refractivity contribution >= 4 is 0 Å². The highest BCUT2D eigenvalue weighted by Gasteiger charge is 2.46. The van der Waals surface area contributed by atoms with Gasteiger partial charge in [0.2, 0.25) is 0 Å². The van der Waals surface area contributed by atoms with Crippen LogP contribution in [-0.4, -0.2) is 16.6 Å². The van der Waals surface area contributed by atoms with Crippen molar-refractivity contribution in [3.8, 4) is 0 Å². The lowest BCUT2D eigenvalue weighted by atomic mass is 10.1. The number of aromatic nitrogens is 2. The summed E-state index contributed by atoms with van der Waals surface area (Å²) in [7, 11) is 1.99. The van der Waals surface area contributed by atoms with Gasteiger partial charge in [-0.15, -0.1) is 0 Å². The molecule has 2 unspecified atom stereocenters. The molecule has 0 amide bonds. The number of nitrogens with zero attached hydrogens (tertiary/aromatic N) is 2. The third-order valence-electron chi connectivity index (χ3n) is 3.72. The zero-order valence-corrected chi connectivity index (χ0v) is 8.61. The minimum Gasteiger partial charge on any atom is -0.330 e. The Hall–Kier alpha value is -0.830. The summed E-state index contributed by atoms with van der Waals surface area (Å²) in [6, 6.07) is 0.740. The van der Waals surface area contributed by atoms with E-state index in [1.54, 1.807) is 0 Å². The molecule has 2 aliphatic rings. The molecule has 3 nitrogen and oxygen atoms in total. The van der Waals surface area contributed by atoms with E-state index in [4.69, 9.17) is 0 Å². The van der Waals surface area contributed by atoms with Gasteiger partial charge in [0.25, 0.3) is 0 Å². The molecule has 2 fully saturated rings. The minimum atomic E-state index is 0.740. The topological polar surface area (TPSA) is 29.9 Å². The van der Waals surface area contributed by atoms with Gasteiger partial charge in [-0.2, -0.15) is 0 Å². The van der Waals surface area contributed by atoms with E-state index in [1.165, 1.54) is 25.0 Å². The highest BCUT2D eigenvalue weighted by Crippen LogP contribution is 2.56. The molecule has 0 spiro atoms. The quantitative estimate of drug-likeness (QED) is 0.786. The zero-order chi connectivity index (χ0) is 9.54. The van der Waals surface area contributed by atoms with Gasteiger partial charge in [-0.3, -0.25) is 0 Å². The van der Waals surface area contributed by atoms with Crippen LogP contribution >= 0.6 is 0 Å². The molecule has 2 aliphatic carbocycles. The lowest BCUT2D eigenvalue weighted by Crippen LogP contribution is -2.14. The second kappa shape index (κ2) is 3.09. The van der Waals surface area contributed by atoms with E-state index < -0.39 is 0 Å². The molecule has 0 radical (unpaired) electrons. The average molecular weight is 191 g/mol. The van der Waals surface area contributed by atoms with Gasteiger partial charge >= 0.3 is 0 Å². The van der Waals surface area contributed by atoms with E-state index in [0.717, 1.165) is 24.4 Å². The van der Waals surface area contributed by atoms with E-state index in [1.807, 2.05) is 19.6 Å². The monoisotopic (exact) mass is 191 g/mol. The molecule has 0 saturated heterocycles. The van der Waals surface area contributed by atoms with Crippen LogP contribution < -0.4 is 5.32 Å². The SMILES string of the molecule is CNCc1cncn1C1CC2CC2C1. The van der Waals surface area contributed by atoms with Crippen molar-refractivity contribution in [2.45, 2.75) is 31.8 Å². The average Bonchev–Trinajstić information content (AvgIpc) is 2.67. The normalized spacial score (nSPS) is 34.5. The predicted molar refractivity (Wildman–Crippen MR) is 54.9 cm³/mol. The minimum absolute atomic E-state index is 0.740. The highest BCUT2D eigenvalue weighted by atomic mass is 15.1. The van der Waals surface area contributed by atoms with Crippen LogP contribution in [0, 0.1) is 11.8 Å².